The second-order valence-electron chi connectivity index (χ2n) is 7.92. The number of amides is 1. The summed E-state index contributed by atoms with van der Waals surface area (Å²) in [6, 6.07) is 1.44. The lowest BCUT2D eigenvalue weighted by atomic mass is 9.85. The maximum absolute atomic E-state index is 12.9. The van der Waals surface area contributed by atoms with E-state index in [0.717, 1.165) is 25.7 Å². The van der Waals surface area contributed by atoms with Crippen molar-refractivity contribution in [2.24, 2.45) is 17.6 Å². The number of likely N-dealkylation sites (tertiary alicyclic amines) is 1. The summed E-state index contributed by atoms with van der Waals surface area (Å²) in [6.45, 7) is 0. The van der Waals surface area contributed by atoms with Crippen LogP contribution in [0.2, 0.25) is 0 Å². The second-order valence-corrected chi connectivity index (χ2v) is 9.81. The van der Waals surface area contributed by atoms with Crippen LogP contribution in [0.25, 0.3) is 0 Å². The van der Waals surface area contributed by atoms with Gasteiger partial charge in [-0.15, -0.1) is 0 Å². The van der Waals surface area contributed by atoms with E-state index in [1.54, 1.807) is 9.21 Å². The molecule has 7 nitrogen and oxygen atoms in total. The summed E-state index contributed by atoms with van der Waals surface area (Å²) in [4.78, 5) is 14.6. The number of nitrogens with zero attached hydrogens (tertiary/aromatic N) is 3. The van der Waals surface area contributed by atoms with Gasteiger partial charge < -0.3 is 10.6 Å². The lowest BCUT2D eigenvalue weighted by molar-refractivity contribution is -0.135. The van der Waals surface area contributed by atoms with Crippen LogP contribution in [0.3, 0.4) is 0 Å². The number of hydrogen-bond acceptors (Lipinski definition) is 5. The van der Waals surface area contributed by atoms with Crippen LogP contribution in [0, 0.1) is 23.2 Å². The van der Waals surface area contributed by atoms with Crippen molar-refractivity contribution in [2.75, 3.05) is 6.26 Å². The van der Waals surface area contributed by atoms with Gasteiger partial charge in [-0.1, -0.05) is 0 Å². The van der Waals surface area contributed by atoms with Crippen LogP contribution < -0.4 is 5.73 Å². The van der Waals surface area contributed by atoms with Crippen molar-refractivity contribution < 1.29 is 13.2 Å². The summed E-state index contributed by atoms with van der Waals surface area (Å²) >= 11 is 0. The molecule has 0 aromatic carbocycles. The molecule has 5 unspecified atom stereocenters. The first-order valence-corrected chi connectivity index (χ1v) is 10.6. The Hall–Kier alpha value is -1.17. The summed E-state index contributed by atoms with van der Waals surface area (Å²) in [5.41, 5.74) is 6.31. The number of sulfonamides is 1. The number of carbonyl (C=O) groups is 1. The van der Waals surface area contributed by atoms with Crippen molar-refractivity contribution >= 4 is 15.9 Å². The molecule has 0 radical (unpaired) electrons. The van der Waals surface area contributed by atoms with E-state index < -0.39 is 16.1 Å². The molecule has 1 amide bonds. The Bertz CT molecular complexity index is 689. The molecule has 4 aliphatic rings. The average Bonchev–Trinajstić information content (AvgIpc) is 3.10. The molecule has 0 aromatic heterocycles. The van der Waals surface area contributed by atoms with Crippen LogP contribution in [0.5, 0.6) is 0 Å². The third-order valence-corrected chi connectivity index (χ3v) is 7.75. The van der Waals surface area contributed by atoms with Gasteiger partial charge in [0.15, 0.2) is 0 Å². The highest BCUT2D eigenvalue weighted by Crippen LogP contribution is 2.48. The van der Waals surface area contributed by atoms with Gasteiger partial charge in [0.05, 0.1) is 18.4 Å². The minimum absolute atomic E-state index is 0.00476. The first-order chi connectivity index (χ1) is 11.3. The highest BCUT2D eigenvalue weighted by atomic mass is 32.2. The van der Waals surface area contributed by atoms with Gasteiger partial charge >= 0.3 is 0 Å². The van der Waals surface area contributed by atoms with Crippen molar-refractivity contribution in [3.63, 3.8) is 0 Å². The maximum Gasteiger partial charge on any atom is 0.241 e. The summed E-state index contributed by atoms with van der Waals surface area (Å²) in [7, 11) is -3.21. The molecule has 3 heterocycles. The molecule has 4 rings (SSSR count). The molecule has 3 aliphatic heterocycles. The molecule has 2 N–H and O–H groups in total. The first kappa shape index (κ1) is 16.3. The van der Waals surface area contributed by atoms with Gasteiger partial charge in [-0.25, -0.2) is 8.42 Å². The fraction of sp³-hybridized carbons (Fsp3) is 0.875. The number of rotatable bonds is 3. The molecule has 132 valence electrons. The normalized spacial score (nSPS) is 42.5. The second kappa shape index (κ2) is 5.41. The van der Waals surface area contributed by atoms with Crippen LogP contribution in [0.1, 0.15) is 38.5 Å². The Balaban J connectivity index is 1.48. The van der Waals surface area contributed by atoms with Crippen LogP contribution in [-0.2, 0) is 14.8 Å². The number of hydrogen-bond donors (Lipinski definition) is 1. The lowest BCUT2D eigenvalue weighted by Gasteiger charge is -2.40. The van der Waals surface area contributed by atoms with E-state index in [1.807, 2.05) is 0 Å². The van der Waals surface area contributed by atoms with Crippen molar-refractivity contribution in [3.05, 3.63) is 0 Å². The number of carbonyl (C=O) groups excluding carboxylic acids is 1. The lowest BCUT2D eigenvalue weighted by Crippen LogP contribution is -2.55. The fourth-order valence-corrected chi connectivity index (χ4v) is 6.74. The smallest absolute Gasteiger partial charge is 0.241 e. The Morgan fingerprint density at radius 1 is 1.21 bits per heavy atom. The summed E-state index contributed by atoms with van der Waals surface area (Å²) < 4.78 is 25.6. The van der Waals surface area contributed by atoms with E-state index in [9.17, 15) is 18.5 Å². The summed E-state index contributed by atoms with van der Waals surface area (Å²) in [5, 5.41) is 9.28. The number of nitrogens with two attached hydrogens (primary N) is 1. The Kier molecular flexibility index (Phi) is 3.68. The van der Waals surface area contributed by atoms with E-state index in [-0.39, 0.29) is 36.0 Å². The molecule has 3 saturated heterocycles. The van der Waals surface area contributed by atoms with Crippen molar-refractivity contribution in [1.82, 2.24) is 9.21 Å². The number of piperidine rings is 2. The minimum atomic E-state index is -3.21. The molecular formula is C16H24N4O3S. The molecule has 1 aliphatic carbocycles. The van der Waals surface area contributed by atoms with Crippen LogP contribution in [0.15, 0.2) is 0 Å². The molecule has 2 bridgehead atoms. The molecule has 4 fully saturated rings. The number of nitriles is 1. The fourth-order valence-electron chi connectivity index (χ4n) is 5.27. The third-order valence-electron chi connectivity index (χ3n) is 6.39. The molecule has 1 saturated carbocycles. The van der Waals surface area contributed by atoms with Gasteiger partial charge in [-0.3, -0.25) is 4.79 Å². The van der Waals surface area contributed by atoms with E-state index in [1.165, 1.54) is 6.26 Å². The van der Waals surface area contributed by atoms with Gasteiger partial charge in [0.25, 0.3) is 0 Å². The number of fused-ring (bicyclic) bond motifs is 3. The SMILES string of the molecule is CS(=O)(=O)N1C2CC[C@H]1CC([C@H](N)C(=O)N1C(C#N)CC3CC31)C2. The summed E-state index contributed by atoms with van der Waals surface area (Å²) in [5.74, 6) is 0.378. The highest BCUT2D eigenvalue weighted by molar-refractivity contribution is 7.88. The van der Waals surface area contributed by atoms with Crippen LogP contribution in [-0.4, -0.2) is 60.0 Å². The van der Waals surface area contributed by atoms with Gasteiger partial charge in [-0.05, 0) is 50.4 Å². The van der Waals surface area contributed by atoms with Gasteiger partial charge in [0.1, 0.15) is 6.04 Å². The Morgan fingerprint density at radius 3 is 2.38 bits per heavy atom. The molecule has 0 spiro atoms. The van der Waals surface area contributed by atoms with Crippen molar-refractivity contribution in [1.29, 1.82) is 5.26 Å². The zero-order chi connectivity index (χ0) is 17.2. The monoisotopic (exact) mass is 352 g/mol. The van der Waals surface area contributed by atoms with Crippen molar-refractivity contribution in [2.45, 2.75) is 68.7 Å². The zero-order valence-electron chi connectivity index (χ0n) is 13.8. The van der Waals surface area contributed by atoms with Crippen LogP contribution in [0.4, 0.5) is 0 Å². The van der Waals surface area contributed by atoms with E-state index in [0.29, 0.717) is 18.8 Å². The largest absolute Gasteiger partial charge is 0.322 e. The van der Waals surface area contributed by atoms with Crippen molar-refractivity contribution in [3.8, 4) is 6.07 Å². The molecular weight excluding hydrogens is 328 g/mol. The Morgan fingerprint density at radius 2 is 1.83 bits per heavy atom. The molecule has 8 heteroatoms. The first-order valence-electron chi connectivity index (χ1n) is 8.77. The van der Waals surface area contributed by atoms with E-state index in [2.05, 4.69) is 6.07 Å². The van der Waals surface area contributed by atoms with Gasteiger partial charge in [-0.2, -0.15) is 9.57 Å². The van der Waals surface area contributed by atoms with E-state index in [4.69, 9.17) is 5.73 Å². The molecule has 7 atom stereocenters. The Labute approximate surface area is 142 Å². The predicted octanol–water partition coefficient (Wildman–Crippen LogP) is 0.0293. The summed E-state index contributed by atoms with van der Waals surface area (Å²) in [6.07, 6.45) is 6.03. The third kappa shape index (κ3) is 2.45. The highest BCUT2D eigenvalue weighted by Gasteiger charge is 2.56. The topological polar surface area (TPSA) is 108 Å². The average molecular weight is 352 g/mol. The molecule has 0 aromatic rings. The van der Waals surface area contributed by atoms with Gasteiger partial charge in [0, 0.05) is 18.1 Å². The van der Waals surface area contributed by atoms with E-state index >= 15 is 0 Å². The standard InChI is InChI=1S/C16H24N4O3S/c1-24(22,23)20-11-2-3-12(20)6-10(5-11)15(18)16(21)19-13(8-17)4-9-7-14(9)19/h9-15H,2-7,18H2,1H3/t9?,10?,11-,12?,13?,14?,15-/m0/s1. The predicted molar refractivity (Wildman–Crippen MR) is 87.0 cm³/mol. The quantitative estimate of drug-likeness (QED) is 0.771. The zero-order valence-corrected chi connectivity index (χ0v) is 14.7. The maximum atomic E-state index is 12.9. The molecule has 24 heavy (non-hydrogen) atoms. The van der Waals surface area contributed by atoms with Gasteiger partial charge in [0.2, 0.25) is 15.9 Å². The minimum Gasteiger partial charge on any atom is -0.322 e. The van der Waals surface area contributed by atoms with Crippen LogP contribution >= 0.6 is 0 Å².